The first-order valence-corrected chi connectivity index (χ1v) is 9.84. The molecule has 0 aliphatic rings. The van der Waals surface area contributed by atoms with Gasteiger partial charge in [-0.05, 0) is 38.1 Å². The quantitative estimate of drug-likeness (QED) is 0.382. The Kier molecular flexibility index (Phi) is 6.05. The van der Waals surface area contributed by atoms with Crippen LogP contribution in [-0.4, -0.2) is 42.1 Å². The summed E-state index contributed by atoms with van der Waals surface area (Å²) in [6, 6.07) is 10.9. The summed E-state index contributed by atoms with van der Waals surface area (Å²) in [4.78, 5) is 34.3. The maximum atomic E-state index is 11.5. The van der Waals surface area contributed by atoms with Gasteiger partial charge in [-0.2, -0.15) is 0 Å². The molecule has 153 valence electrons. The number of anilines is 1. The standard InChI is InChI=1S/C10H11N3O2.C9H7N3O.CH2.V/c1-6-9(10(14)15-2)13-7(11)4-3-5-8(13)12-6;1-5-8-9(13)11-7-4-2-3-6(10-5)12(7)8;;/h3-5H,11H2,1-2H3;2-4H,1H3,(H,11,13);1H2;. The van der Waals surface area contributed by atoms with Crippen LogP contribution < -0.4 is 11.3 Å². The fraction of sp³-hybridized carbons (Fsp3) is 0.150. The molecule has 0 aliphatic carbocycles. The molecule has 5 aromatic rings. The minimum atomic E-state index is -0.433. The Morgan fingerprint density at radius 2 is 1.67 bits per heavy atom. The zero-order valence-corrected chi connectivity index (χ0v) is 18.1. The van der Waals surface area contributed by atoms with E-state index in [0.29, 0.717) is 28.4 Å². The normalized spacial score (nSPS) is 10.5. The number of aromatic amines is 1. The Hall–Kier alpha value is -3.43. The third kappa shape index (κ3) is 3.49. The summed E-state index contributed by atoms with van der Waals surface area (Å²) in [6.07, 6.45) is 0. The van der Waals surface area contributed by atoms with Gasteiger partial charge in [-0.15, -0.1) is 0 Å². The zero-order chi connectivity index (χ0) is 22.0. The SMILES string of the molecule is COC(=O)c1c(C)nc2cccc(N)n12.Cc1nc2cccc3[nH]c(=O)c1n23.[CH2]=[V]. The van der Waals surface area contributed by atoms with Crippen molar-refractivity contribution in [1.82, 2.24) is 23.8 Å². The number of nitrogen functional groups attached to an aromatic ring is 1. The number of nitrogens with one attached hydrogen (secondary N) is 1. The van der Waals surface area contributed by atoms with E-state index in [1.165, 1.54) is 7.11 Å². The molecule has 5 aromatic heterocycles. The van der Waals surface area contributed by atoms with E-state index in [4.69, 9.17) is 5.73 Å². The van der Waals surface area contributed by atoms with Gasteiger partial charge in [0.25, 0.3) is 5.56 Å². The van der Waals surface area contributed by atoms with Crippen LogP contribution in [0.5, 0.6) is 0 Å². The van der Waals surface area contributed by atoms with Gasteiger partial charge in [0.05, 0.1) is 18.5 Å². The third-order valence-corrected chi connectivity index (χ3v) is 4.50. The summed E-state index contributed by atoms with van der Waals surface area (Å²) in [5, 5.41) is 3.19. The molecule has 10 heteroatoms. The molecule has 0 amide bonds. The van der Waals surface area contributed by atoms with Gasteiger partial charge in [0, 0.05) is 0 Å². The Morgan fingerprint density at radius 1 is 1.07 bits per heavy atom. The van der Waals surface area contributed by atoms with Crippen LogP contribution in [-0.2, 0) is 21.7 Å². The number of pyridine rings is 2. The fourth-order valence-corrected chi connectivity index (χ4v) is 3.31. The summed E-state index contributed by atoms with van der Waals surface area (Å²) < 4.78 is 8.11. The van der Waals surface area contributed by atoms with E-state index in [0.717, 1.165) is 17.0 Å². The average molecular weight is 443 g/mol. The number of nitrogens with two attached hydrogens (primary N) is 1. The second-order valence-electron chi connectivity index (χ2n) is 6.29. The number of H-pyrrole nitrogens is 1. The number of hydrogen-bond donors (Lipinski definition) is 2. The number of carbonyl (C=O) groups excluding carboxylic acids is 1. The van der Waals surface area contributed by atoms with Crippen LogP contribution in [0.1, 0.15) is 21.9 Å². The van der Waals surface area contributed by atoms with E-state index in [1.807, 2.05) is 29.5 Å². The zero-order valence-electron chi connectivity index (χ0n) is 16.7. The van der Waals surface area contributed by atoms with Crippen LogP contribution in [0.25, 0.3) is 22.5 Å². The number of methoxy groups -OCH3 is 1. The number of nitrogens with zero attached hydrogens (tertiary/aromatic N) is 4. The molecule has 30 heavy (non-hydrogen) atoms. The molecule has 0 bridgehead atoms. The van der Waals surface area contributed by atoms with Crippen molar-refractivity contribution in [3.05, 3.63) is 63.8 Å². The Labute approximate surface area is 180 Å². The Balaban J connectivity index is 0.000000159. The molecule has 0 aliphatic heterocycles. The van der Waals surface area contributed by atoms with Crippen molar-refractivity contribution in [3.8, 4) is 0 Å². The van der Waals surface area contributed by atoms with Crippen molar-refractivity contribution < 1.29 is 26.5 Å². The number of hydrogen-bond acceptors (Lipinski definition) is 6. The van der Waals surface area contributed by atoms with Gasteiger partial charge in [0.1, 0.15) is 28.3 Å². The number of esters is 1. The van der Waals surface area contributed by atoms with Crippen LogP contribution in [0.2, 0.25) is 0 Å². The Bertz CT molecular complexity index is 1400. The second kappa shape index (κ2) is 8.52. The molecule has 0 spiro atoms. The van der Waals surface area contributed by atoms with Gasteiger partial charge in [-0.1, -0.05) is 12.1 Å². The molecule has 0 saturated carbocycles. The molecule has 0 fully saturated rings. The number of aryl methyl sites for hydroxylation is 2. The second-order valence-corrected chi connectivity index (χ2v) is 6.29. The molecular formula is C20H20N6O3V. The maximum absolute atomic E-state index is 11.5. The van der Waals surface area contributed by atoms with Crippen LogP contribution in [0.4, 0.5) is 5.82 Å². The van der Waals surface area contributed by atoms with Crippen LogP contribution >= 0.6 is 0 Å². The van der Waals surface area contributed by atoms with Crippen molar-refractivity contribution >= 4 is 39.5 Å². The van der Waals surface area contributed by atoms with E-state index < -0.39 is 5.97 Å². The number of fused-ring (bicyclic) bond motifs is 1. The summed E-state index contributed by atoms with van der Waals surface area (Å²) >= 11 is 2.06. The first-order valence-electron chi connectivity index (χ1n) is 8.85. The predicted octanol–water partition coefficient (Wildman–Crippen LogP) is 1.90. The summed E-state index contributed by atoms with van der Waals surface area (Å²) in [7, 11) is 1.33. The summed E-state index contributed by atoms with van der Waals surface area (Å²) in [5.41, 5.74) is 10.4. The van der Waals surface area contributed by atoms with Gasteiger partial charge < -0.3 is 15.5 Å². The first-order chi connectivity index (χ1) is 14.4. The number of rotatable bonds is 1. The Morgan fingerprint density at radius 3 is 2.33 bits per heavy atom. The van der Waals surface area contributed by atoms with Crippen LogP contribution in [0, 0.1) is 13.8 Å². The van der Waals surface area contributed by atoms with E-state index in [2.05, 4.69) is 41.9 Å². The van der Waals surface area contributed by atoms with Crippen molar-refractivity contribution in [3.63, 3.8) is 0 Å². The van der Waals surface area contributed by atoms with Gasteiger partial charge in [0.15, 0.2) is 5.69 Å². The van der Waals surface area contributed by atoms with Crippen LogP contribution in [0.15, 0.2) is 41.2 Å². The molecule has 0 radical (unpaired) electrons. The number of carbonyl (C=O) groups is 1. The van der Waals surface area contributed by atoms with Gasteiger partial charge in [-0.3, -0.25) is 13.6 Å². The van der Waals surface area contributed by atoms with E-state index in [9.17, 15) is 9.59 Å². The van der Waals surface area contributed by atoms with Gasteiger partial charge in [-0.25, -0.2) is 14.8 Å². The molecular weight excluding hydrogens is 423 g/mol. The number of aromatic nitrogens is 5. The minimum absolute atomic E-state index is 0.0637. The predicted molar refractivity (Wildman–Crippen MR) is 112 cm³/mol. The first kappa shape index (κ1) is 21.3. The summed E-state index contributed by atoms with van der Waals surface area (Å²) in [6.45, 7) is 3.59. The van der Waals surface area contributed by atoms with Crippen molar-refractivity contribution in [1.29, 1.82) is 0 Å². The molecule has 9 nitrogen and oxygen atoms in total. The van der Waals surface area contributed by atoms with Crippen LogP contribution in [0.3, 0.4) is 0 Å². The monoisotopic (exact) mass is 443 g/mol. The number of ether oxygens (including phenoxy) is 1. The molecule has 0 unspecified atom stereocenters. The van der Waals surface area contributed by atoms with Crippen molar-refractivity contribution in [2.24, 2.45) is 0 Å². The van der Waals surface area contributed by atoms with E-state index in [1.54, 1.807) is 29.5 Å². The molecule has 0 atom stereocenters. The number of imidazole rings is 3. The summed E-state index contributed by atoms with van der Waals surface area (Å²) in [5.74, 6) is 0.0337. The van der Waals surface area contributed by atoms with Crippen molar-refractivity contribution in [2.75, 3.05) is 12.8 Å². The fourth-order valence-electron chi connectivity index (χ4n) is 3.31. The topological polar surface area (TPSA) is 120 Å². The molecule has 3 N–H and O–H groups in total. The van der Waals surface area contributed by atoms with E-state index >= 15 is 0 Å². The molecule has 0 aromatic carbocycles. The molecule has 0 saturated heterocycles. The average Bonchev–Trinajstić information content (AvgIpc) is 3.38. The van der Waals surface area contributed by atoms with Gasteiger partial charge >= 0.3 is 28.2 Å². The molecule has 5 heterocycles. The van der Waals surface area contributed by atoms with E-state index in [-0.39, 0.29) is 5.56 Å². The molecule has 5 rings (SSSR count). The van der Waals surface area contributed by atoms with Crippen molar-refractivity contribution in [2.45, 2.75) is 13.8 Å². The van der Waals surface area contributed by atoms with Gasteiger partial charge in [0.2, 0.25) is 0 Å². The third-order valence-electron chi connectivity index (χ3n) is 4.50.